The van der Waals surface area contributed by atoms with Crippen LogP contribution in [0.2, 0.25) is 5.02 Å². The first-order valence-electron chi connectivity index (χ1n) is 9.09. The zero-order valence-electron chi connectivity index (χ0n) is 15.6. The van der Waals surface area contributed by atoms with Gasteiger partial charge >= 0.3 is 0 Å². The molecule has 0 saturated carbocycles. The maximum atomic E-state index is 12.9. The highest BCUT2D eigenvalue weighted by atomic mass is 35.5. The van der Waals surface area contributed by atoms with Crippen LogP contribution in [0, 0.1) is 10.1 Å². The molecule has 0 unspecified atom stereocenters. The molecule has 0 aliphatic carbocycles. The Kier molecular flexibility index (Phi) is 5.76. The molecule has 4 rings (SSSR count). The van der Waals surface area contributed by atoms with Gasteiger partial charge in [-0.15, -0.1) is 0 Å². The van der Waals surface area contributed by atoms with Crippen molar-refractivity contribution in [2.45, 2.75) is 0 Å². The van der Waals surface area contributed by atoms with Gasteiger partial charge < -0.3 is 9.64 Å². The molecule has 10 heteroatoms. The Morgan fingerprint density at radius 1 is 1.10 bits per heavy atom. The van der Waals surface area contributed by atoms with Crippen molar-refractivity contribution < 1.29 is 19.2 Å². The Bertz CT molecular complexity index is 1050. The van der Waals surface area contributed by atoms with Gasteiger partial charge in [-0.05, 0) is 48.2 Å². The van der Waals surface area contributed by atoms with E-state index in [0.717, 1.165) is 22.3 Å². The van der Waals surface area contributed by atoms with Gasteiger partial charge in [0.2, 0.25) is 0 Å². The number of anilines is 2. The topological polar surface area (TPSA) is 93.0 Å². The molecule has 2 saturated heterocycles. The van der Waals surface area contributed by atoms with Gasteiger partial charge in [-0.2, -0.15) is 0 Å². The number of thioether (sulfide) groups is 1. The molecule has 0 bridgehead atoms. The van der Waals surface area contributed by atoms with E-state index in [-0.39, 0.29) is 10.6 Å². The Balaban J connectivity index is 1.71. The first-order valence-corrected chi connectivity index (χ1v) is 10.3. The second-order valence-corrected chi connectivity index (χ2v) is 8.02. The highest BCUT2D eigenvalue weighted by Gasteiger charge is 2.36. The van der Waals surface area contributed by atoms with Gasteiger partial charge in [-0.3, -0.25) is 19.7 Å². The molecule has 0 N–H and O–H groups in total. The molecule has 2 fully saturated rings. The SMILES string of the molecule is O=C1S/C(=C\c2cc([N+](=O)[O-])ccc2N2CCOCC2)C(=O)N1c1ccc(Cl)cc1. The summed E-state index contributed by atoms with van der Waals surface area (Å²) in [6.45, 7) is 2.35. The number of halogens is 1. The Morgan fingerprint density at radius 3 is 2.47 bits per heavy atom. The first-order chi connectivity index (χ1) is 14.4. The molecular weight excluding hydrogens is 430 g/mol. The molecule has 2 aliphatic heterocycles. The van der Waals surface area contributed by atoms with Crippen LogP contribution in [0.3, 0.4) is 0 Å². The molecule has 30 heavy (non-hydrogen) atoms. The lowest BCUT2D eigenvalue weighted by Gasteiger charge is -2.30. The summed E-state index contributed by atoms with van der Waals surface area (Å²) < 4.78 is 5.37. The van der Waals surface area contributed by atoms with Crippen molar-refractivity contribution in [2.75, 3.05) is 36.1 Å². The van der Waals surface area contributed by atoms with Crippen LogP contribution in [0.1, 0.15) is 5.56 Å². The molecule has 2 aliphatic rings. The van der Waals surface area contributed by atoms with E-state index in [2.05, 4.69) is 0 Å². The number of nitro groups is 1. The maximum Gasteiger partial charge on any atom is 0.298 e. The number of nitrogens with zero attached hydrogens (tertiary/aromatic N) is 3. The molecule has 0 spiro atoms. The van der Waals surface area contributed by atoms with Crippen molar-refractivity contribution in [3.05, 3.63) is 68.1 Å². The van der Waals surface area contributed by atoms with Crippen LogP contribution in [0.25, 0.3) is 6.08 Å². The third-order valence-corrected chi connectivity index (χ3v) is 5.86. The second kappa shape index (κ2) is 8.47. The fourth-order valence-electron chi connectivity index (χ4n) is 3.29. The molecule has 154 valence electrons. The monoisotopic (exact) mass is 445 g/mol. The number of amides is 2. The summed E-state index contributed by atoms with van der Waals surface area (Å²) in [6, 6.07) is 10.9. The van der Waals surface area contributed by atoms with E-state index in [1.165, 1.54) is 12.1 Å². The molecule has 0 radical (unpaired) electrons. The van der Waals surface area contributed by atoms with E-state index < -0.39 is 16.1 Å². The third-order valence-electron chi connectivity index (χ3n) is 4.74. The van der Waals surface area contributed by atoms with Crippen LogP contribution in [-0.4, -0.2) is 42.4 Å². The molecule has 0 atom stereocenters. The van der Waals surface area contributed by atoms with E-state index in [1.807, 2.05) is 4.90 Å². The van der Waals surface area contributed by atoms with Crippen LogP contribution in [0.5, 0.6) is 0 Å². The summed E-state index contributed by atoms with van der Waals surface area (Å²) in [5.74, 6) is -0.480. The summed E-state index contributed by atoms with van der Waals surface area (Å²) in [5, 5.41) is 11.3. The Morgan fingerprint density at radius 2 is 1.80 bits per heavy atom. The molecule has 2 aromatic carbocycles. The molecule has 2 heterocycles. The predicted molar refractivity (Wildman–Crippen MR) is 116 cm³/mol. The summed E-state index contributed by atoms with van der Waals surface area (Å²) in [7, 11) is 0. The van der Waals surface area contributed by atoms with Crippen molar-refractivity contribution in [2.24, 2.45) is 0 Å². The smallest absolute Gasteiger partial charge is 0.298 e. The van der Waals surface area contributed by atoms with Crippen LogP contribution in [0.15, 0.2) is 47.4 Å². The number of hydrogen-bond acceptors (Lipinski definition) is 7. The second-order valence-electron chi connectivity index (χ2n) is 6.59. The number of nitro benzene ring substituents is 1. The van der Waals surface area contributed by atoms with Crippen molar-refractivity contribution in [3.63, 3.8) is 0 Å². The van der Waals surface area contributed by atoms with Gasteiger partial charge in [0.15, 0.2) is 0 Å². The minimum absolute atomic E-state index is 0.0878. The summed E-state index contributed by atoms with van der Waals surface area (Å²) >= 11 is 6.68. The molecule has 0 aromatic heterocycles. The maximum absolute atomic E-state index is 12.9. The molecular formula is C20H16ClN3O5S. The van der Waals surface area contributed by atoms with E-state index in [1.54, 1.807) is 36.4 Å². The third kappa shape index (κ3) is 4.04. The fraction of sp³-hybridized carbons (Fsp3) is 0.200. The van der Waals surface area contributed by atoms with Crippen LogP contribution >= 0.6 is 23.4 Å². The zero-order chi connectivity index (χ0) is 21.3. The minimum Gasteiger partial charge on any atom is -0.378 e. The van der Waals surface area contributed by atoms with Crippen molar-refractivity contribution in [1.29, 1.82) is 0 Å². The zero-order valence-corrected chi connectivity index (χ0v) is 17.2. The van der Waals surface area contributed by atoms with Crippen LogP contribution in [-0.2, 0) is 9.53 Å². The number of imide groups is 1. The quantitative estimate of drug-likeness (QED) is 0.393. The fourth-order valence-corrected chi connectivity index (χ4v) is 4.24. The average Bonchev–Trinajstić information content (AvgIpc) is 3.02. The van der Waals surface area contributed by atoms with Crippen molar-refractivity contribution >= 4 is 57.6 Å². The average molecular weight is 446 g/mol. The van der Waals surface area contributed by atoms with Crippen molar-refractivity contribution in [1.82, 2.24) is 0 Å². The number of morpholine rings is 1. The molecule has 8 nitrogen and oxygen atoms in total. The van der Waals surface area contributed by atoms with Gasteiger partial charge in [0, 0.05) is 41.5 Å². The summed E-state index contributed by atoms with van der Waals surface area (Å²) in [4.78, 5) is 39.5. The number of rotatable bonds is 4. The highest BCUT2D eigenvalue weighted by Crippen LogP contribution is 2.38. The van der Waals surface area contributed by atoms with Crippen molar-refractivity contribution in [3.8, 4) is 0 Å². The number of ether oxygens (including phenoxy) is 1. The van der Waals surface area contributed by atoms with E-state index in [0.29, 0.717) is 42.6 Å². The predicted octanol–water partition coefficient (Wildman–Crippen LogP) is 4.33. The number of carbonyl (C=O) groups is 2. The van der Waals surface area contributed by atoms with Crippen LogP contribution in [0.4, 0.5) is 21.9 Å². The van der Waals surface area contributed by atoms with E-state index >= 15 is 0 Å². The number of benzene rings is 2. The van der Waals surface area contributed by atoms with E-state index in [9.17, 15) is 19.7 Å². The molecule has 2 aromatic rings. The Labute approximate surface area is 181 Å². The number of carbonyl (C=O) groups excluding carboxylic acids is 2. The summed E-state index contributed by atoms with van der Waals surface area (Å²) in [5.41, 5.74) is 1.59. The first kappa shape index (κ1) is 20.4. The number of non-ortho nitro benzene ring substituents is 1. The lowest BCUT2D eigenvalue weighted by atomic mass is 10.1. The van der Waals surface area contributed by atoms with E-state index in [4.69, 9.17) is 16.3 Å². The van der Waals surface area contributed by atoms with Crippen LogP contribution < -0.4 is 9.80 Å². The number of hydrogen-bond donors (Lipinski definition) is 0. The standard InChI is InChI=1S/C20H16ClN3O5S/c21-14-1-3-15(4-2-14)23-19(25)18(30-20(23)26)12-13-11-16(24(27)28)5-6-17(13)22-7-9-29-10-8-22/h1-6,11-12H,7-10H2/b18-12-. The molecule has 2 amide bonds. The summed E-state index contributed by atoms with van der Waals surface area (Å²) in [6.07, 6.45) is 1.54. The Hall–Kier alpha value is -2.88. The van der Waals surface area contributed by atoms with Gasteiger partial charge in [0.05, 0.1) is 28.7 Å². The normalized spacial score (nSPS) is 18.4. The van der Waals surface area contributed by atoms with Gasteiger partial charge in [-0.25, -0.2) is 4.90 Å². The highest BCUT2D eigenvalue weighted by molar-refractivity contribution is 8.19. The minimum atomic E-state index is -0.486. The lowest BCUT2D eigenvalue weighted by Crippen LogP contribution is -2.36. The largest absolute Gasteiger partial charge is 0.378 e. The van der Waals surface area contributed by atoms with Gasteiger partial charge in [0.1, 0.15) is 0 Å². The van der Waals surface area contributed by atoms with Gasteiger partial charge in [-0.1, -0.05) is 11.6 Å². The van der Waals surface area contributed by atoms with Gasteiger partial charge in [0.25, 0.3) is 16.8 Å². The lowest BCUT2D eigenvalue weighted by molar-refractivity contribution is -0.384.